The second-order valence-electron chi connectivity index (χ2n) is 4.22. The lowest BCUT2D eigenvalue weighted by Crippen LogP contribution is -2.23. The molecule has 1 heterocycles. The number of aryl methyl sites for hydroxylation is 1. The molecule has 0 saturated heterocycles. The van der Waals surface area contributed by atoms with Gasteiger partial charge in [-0.2, -0.15) is 0 Å². The lowest BCUT2D eigenvalue weighted by atomic mass is 10.2. The number of nitrogens with one attached hydrogen (secondary N) is 1. The summed E-state index contributed by atoms with van der Waals surface area (Å²) in [5.41, 5.74) is 1.62. The van der Waals surface area contributed by atoms with Gasteiger partial charge in [-0.15, -0.1) is 0 Å². The molecule has 0 radical (unpaired) electrons. The predicted octanol–water partition coefficient (Wildman–Crippen LogP) is 3.81. The summed E-state index contributed by atoms with van der Waals surface area (Å²) < 4.78 is 5.40. The highest BCUT2D eigenvalue weighted by atomic mass is 79.9. The molecule has 5 heteroatoms. The van der Waals surface area contributed by atoms with Crippen molar-refractivity contribution in [3.63, 3.8) is 0 Å². The molecule has 1 atom stereocenters. The monoisotopic (exact) mass is 324 g/mol. The Kier molecular flexibility index (Phi) is 5.30. The summed E-state index contributed by atoms with van der Waals surface area (Å²) >= 11 is 3.37. The maximum Gasteiger partial charge on any atom is 0.277 e. The zero-order chi connectivity index (χ0) is 14.6. The van der Waals surface area contributed by atoms with Gasteiger partial charge < -0.3 is 9.73 Å². The largest absolute Gasteiger partial charge is 0.444 e. The fourth-order valence-corrected chi connectivity index (χ4v) is 1.67. The summed E-state index contributed by atoms with van der Waals surface area (Å²) in [6.07, 6.45) is 3.45. The number of hydrogen-bond donors (Lipinski definition) is 1. The number of aromatic nitrogens is 1. The van der Waals surface area contributed by atoms with Crippen molar-refractivity contribution in [2.24, 2.45) is 0 Å². The first-order chi connectivity index (χ1) is 8.81. The van der Waals surface area contributed by atoms with Crippen molar-refractivity contribution >= 4 is 21.8 Å². The minimum atomic E-state index is -0.338. The molecule has 0 fully saturated rings. The van der Waals surface area contributed by atoms with Crippen molar-refractivity contribution in [1.82, 2.24) is 10.3 Å². The zero-order valence-electron chi connectivity index (χ0n) is 11.3. The minimum absolute atomic E-state index is 0.0892. The van der Waals surface area contributed by atoms with Gasteiger partial charge in [0.15, 0.2) is 17.3 Å². The van der Waals surface area contributed by atoms with Gasteiger partial charge in [0.1, 0.15) is 0 Å². The number of halogens is 1. The van der Waals surface area contributed by atoms with Crippen LogP contribution in [0.2, 0.25) is 0 Å². The number of hydrogen-bond acceptors (Lipinski definition) is 3. The van der Waals surface area contributed by atoms with Crippen LogP contribution in [0.4, 0.5) is 0 Å². The van der Waals surface area contributed by atoms with Crippen molar-refractivity contribution < 1.29 is 9.21 Å². The topological polar surface area (TPSA) is 55.1 Å². The number of carbonyl (C=O) groups excluding carboxylic acids is 1. The Morgan fingerprint density at radius 3 is 2.63 bits per heavy atom. The van der Waals surface area contributed by atoms with Gasteiger partial charge in [-0.1, -0.05) is 40.7 Å². The molecule has 0 spiro atoms. The van der Waals surface area contributed by atoms with E-state index in [-0.39, 0.29) is 16.4 Å². The number of alkyl halides is 1. The van der Waals surface area contributed by atoms with Crippen molar-refractivity contribution in [3.05, 3.63) is 53.9 Å². The van der Waals surface area contributed by atoms with Crippen LogP contribution < -0.4 is 5.32 Å². The third-order valence-electron chi connectivity index (χ3n) is 2.18. The fraction of sp³-hybridized carbons (Fsp3) is 0.286. The minimum Gasteiger partial charge on any atom is -0.444 e. The number of amides is 1. The van der Waals surface area contributed by atoms with Gasteiger partial charge in [0.25, 0.3) is 5.91 Å². The Bertz CT molecular complexity index is 542. The van der Waals surface area contributed by atoms with Crippen molar-refractivity contribution in [2.75, 3.05) is 0 Å². The van der Waals surface area contributed by atoms with E-state index in [1.54, 1.807) is 19.1 Å². The molecule has 0 bridgehead atoms. The molecule has 1 rings (SSSR count). The molecule has 0 saturated carbocycles. The standard InChI is InChI=1S/C14H17BrN2O2/c1-8(2)6-7-9(3)16-14(18)12-13(10(4)15)19-11(5)17-12/h6-7,10H,1,3H2,2,4-5H3,(H,16,18)/b7-6-/t10-/m0/s1. The molecule has 0 aliphatic heterocycles. The van der Waals surface area contributed by atoms with Gasteiger partial charge in [0, 0.05) is 12.6 Å². The SMILES string of the molecule is C=C(C)/C=C\C(=C)NC(=O)c1nc(C)oc1[C@H](C)Br. The summed E-state index contributed by atoms with van der Waals surface area (Å²) in [7, 11) is 0. The molecule has 1 N–H and O–H groups in total. The van der Waals surface area contributed by atoms with E-state index in [9.17, 15) is 4.79 Å². The summed E-state index contributed by atoms with van der Waals surface area (Å²) in [4.78, 5) is 16.1. The summed E-state index contributed by atoms with van der Waals surface area (Å²) in [6, 6.07) is 0. The van der Waals surface area contributed by atoms with Crippen LogP contribution in [0.25, 0.3) is 0 Å². The predicted molar refractivity (Wildman–Crippen MR) is 79.1 cm³/mol. The van der Waals surface area contributed by atoms with E-state index in [0.717, 1.165) is 5.57 Å². The van der Waals surface area contributed by atoms with Crippen molar-refractivity contribution in [2.45, 2.75) is 25.6 Å². The summed E-state index contributed by atoms with van der Waals surface area (Å²) in [6.45, 7) is 12.9. The Morgan fingerprint density at radius 2 is 2.11 bits per heavy atom. The van der Waals surface area contributed by atoms with E-state index in [1.165, 1.54) is 0 Å². The Balaban J connectivity index is 2.84. The van der Waals surface area contributed by atoms with Crippen LogP contribution in [0.1, 0.15) is 40.8 Å². The molecule has 1 aromatic heterocycles. The maximum absolute atomic E-state index is 12.1. The van der Waals surface area contributed by atoms with Crippen LogP contribution in [0.3, 0.4) is 0 Å². The van der Waals surface area contributed by atoms with Crippen molar-refractivity contribution in [3.8, 4) is 0 Å². The van der Waals surface area contributed by atoms with E-state index >= 15 is 0 Å². The number of allylic oxidation sites excluding steroid dienone is 3. The van der Waals surface area contributed by atoms with Crippen LogP contribution in [-0.4, -0.2) is 10.9 Å². The van der Waals surface area contributed by atoms with Gasteiger partial charge in [0.2, 0.25) is 0 Å². The molecule has 19 heavy (non-hydrogen) atoms. The van der Waals surface area contributed by atoms with Crippen LogP contribution in [0.15, 0.2) is 41.0 Å². The van der Waals surface area contributed by atoms with Gasteiger partial charge in [-0.25, -0.2) is 4.98 Å². The van der Waals surface area contributed by atoms with E-state index in [1.807, 2.05) is 13.8 Å². The molecule has 1 aromatic rings. The molecule has 0 aromatic carbocycles. The zero-order valence-corrected chi connectivity index (χ0v) is 12.9. The van der Waals surface area contributed by atoms with E-state index in [4.69, 9.17) is 4.42 Å². The molecule has 4 nitrogen and oxygen atoms in total. The third kappa shape index (κ3) is 4.52. The Morgan fingerprint density at radius 1 is 1.47 bits per heavy atom. The molecular weight excluding hydrogens is 308 g/mol. The molecule has 0 unspecified atom stereocenters. The first-order valence-corrected chi connectivity index (χ1v) is 6.68. The Hall–Kier alpha value is -1.62. The second-order valence-corrected chi connectivity index (χ2v) is 5.59. The lowest BCUT2D eigenvalue weighted by Gasteiger charge is -2.04. The first-order valence-electron chi connectivity index (χ1n) is 5.76. The maximum atomic E-state index is 12.1. The average molecular weight is 325 g/mol. The normalized spacial score (nSPS) is 12.4. The first kappa shape index (κ1) is 15.4. The Labute approximate surface area is 121 Å². The van der Waals surface area contributed by atoms with Gasteiger partial charge in [-0.3, -0.25) is 4.79 Å². The lowest BCUT2D eigenvalue weighted by molar-refractivity contribution is 0.0961. The van der Waals surface area contributed by atoms with E-state index in [0.29, 0.717) is 17.3 Å². The number of nitrogens with zero attached hydrogens (tertiary/aromatic N) is 1. The highest BCUT2D eigenvalue weighted by Gasteiger charge is 2.21. The molecule has 1 amide bonds. The fourth-order valence-electron chi connectivity index (χ4n) is 1.36. The van der Waals surface area contributed by atoms with E-state index < -0.39 is 0 Å². The highest BCUT2D eigenvalue weighted by Crippen LogP contribution is 2.26. The molecule has 102 valence electrons. The van der Waals surface area contributed by atoms with Gasteiger partial charge in [-0.05, 0) is 19.9 Å². The van der Waals surface area contributed by atoms with Crippen LogP contribution in [0.5, 0.6) is 0 Å². The quantitative estimate of drug-likeness (QED) is 0.661. The number of oxazole rings is 1. The smallest absolute Gasteiger partial charge is 0.277 e. The highest BCUT2D eigenvalue weighted by molar-refractivity contribution is 9.09. The van der Waals surface area contributed by atoms with Crippen molar-refractivity contribution in [1.29, 1.82) is 0 Å². The summed E-state index contributed by atoms with van der Waals surface area (Å²) in [5, 5.41) is 2.66. The number of rotatable bonds is 5. The summed E-state index contributed by atoms with van der Waals surface area (Å²) in [5.74, 6) is 0.621. The molecule has 0 aliphatic carbocycles. The van der Waals surface area contributed by atoms with Crippen LogP contribution in [0, 0.1) is 6.92 Å². The van der Waals surface area contributed by atoms with Crippen LogP contribution >= 0.6 is 15.9 Å². The van der Waals surface area contributed by atoms with Gasteiger partial charge >= 0.3 is 0 Å². The third-order valence-corrected chi connectivity index (χ3v) is 2.60. The number of carbonyl (C=O) groups is 1. The van der Waals surface area contributed by atoms with E-state index in [2.05, 4.69) is 39.4 Å². The van der Waals surface area contributed by atoms with Crippen LogP contribution in [-0.2, 0) is 0 Å². The second kappa shape index (κ2) is 6.52. The average Bonchev–Trinajstić information content (AvgIpc) is 2.69. The molecule has 0 aliphatic rings. The molecular formula is C14H17BrN2O2. The van der Waals surface area contributed by atoms with Gasteiger partial charge in [0.05, 0.1) is 4.83 Å².